The Morgan fingerprint density at radius 3 is 2.07 bits per heavy atom. The molecule has 0 radical (unpaired) electrons. The third kappa shape index (κ3) is 3.08. The Morgan fingerprint density at radius 1 is 0.778 bits per heavy atom. The molecule has 3 aromatic carbocycles. The highest BCUT2D eigenvalue weighted by atomic mass is 16.5. The molecule has 0 saturated carbocycles. The molecule has 4 rings (SSSR count). The monoisotopic (exact) mass is 358 g/mol. The van der Waals surface area contributed by atoms with Crippen LogP contribution < -0.4 is 9.80 Å². The van der Waals surface area contributed by atoms with Gasteiger partial charge in [-0.2, -0.15) is 0 Å². The second-order valence-corrected chi connectivity index (χ2v) is 7.35. The Balaban J connectivity index is 1.87. The number of ether oxygens (including phenoxy) is 1. The molecular weight excluding hydrogens is 332 g/mol. The van der Waals surface area contributed by atoms with E-state index in [0.717, 1.165) is 0 Å². The molecule has 0 bridgehead atoms. The minimum absolute atomic E-state index is 0.111. The SMILES string of the molecule is Cc1ccccc1C1OC(c2ccccc2N(C)C)c2ccccc2N1C. The largest absolute Gasteiger partial charge is 0.377 e. The number of fused-ring (bicyclic) bond motifs is 1. The lowest BCUT2D eigenvalue weighted by atomic mass is 9.94. The molecule has 2 atom stereocenters. The first kappa shape index (κ1) is 17.6. The van der Waals surface area contributed by atoms with Gasteiger partial charge in [-0.25, -0.2) is 0 Å². The summed E-state index contributed by atoms with van der Waals surface area (Å²) in [6.45, 7) is 2.15. The number of nitrogens with zero attached hydrogens (tertiary/aromatic N) is 2. The first-order valence-electron chi connectivity index (χ1n) is 9.37. The summed E-state index contributed by atoms with van der Waals surface area (Å²) >= 11 is 0. The van der Waals surface area contributed by atoms with Gasteiger partial charge >= 0.3 is 0 Å². The highest BCUT2D eigenvalue weighted by molar-refractivity contribution is 5.63. The second kappa shape index (κ2) is 7.09. The zero-order valence-electron chi connectivity index (χ0n) is 16.4. The third-order valence-electron chi connectivity index (χ3n) is 5.37. The maximum Gasteiger partial charge on any atom is 0.157 e. The van der Waals surface area contributed by atoms with E-state index in [0.29, 0.717) is 0 Å². The summed E-state index contributed by atoms with van der Waals surface area (Å²) in [6.07, 6.45) is -0.234. The van der Waals surface area contributed by atoms with E-state index in [4.69, 9.17) is 4.74 Å². The normalized spacial score (nSPS) is 18.9. The smallest absolute Gasteiger partial charge is 0.157 e. The van der Waals surface area contributed by atoms with Crippen molar-refractivity contribution < 1.29 is 4.74 Å². The highest BCUT2D eigenvalue weighted by Gasteiger charge is 2.34. The van der Waals surface area contributed by atoms with E-state index in [9.17, 15) is 0 Å². The zero-order chi connectivity index (χ0) is 19.0. The van der Waals surface area contributed by atoms with Gasteiger partial charge in [0.15, 0.2) is 6.23 Å². The summed E-state index contributed by atoms with van der Waals surface area (Å²) in [5.41, 5.74) is 7.26. The van der Waals surface area contributed by atoms with E-state index in [1.165, 1.54) is 33.6 Å². The Bertz CT molecular complexity index is 950. The van der Waals surface area contributed by atoms with Crippen molar-refractivity contribution in [1.82, 2.24) is 0 Å². The maximum atomic E-state index is 6.77. The maximum absolute atomic E-state index is 6.77. The van der Waals surface area contributed by atoms with Crippen molar-refractivity contribution in [2.45, 2.75) is 19.3 Å². The van der Waals surface area contributed by atoms with Gasteiger partial charge in [0.2, 0.25) is 0 Å². The molecular formula is C24H26N2O. The summed E-state index contributed by atoms with van der Waals surface area (Å²) in [6, 6.07) is 25.5. The van der Waals surface area contributed by atoms with Crippen molar-refractivity contribution in [3.05, 3.63) is 95.1 Å². The quantitative estimate of drug-likeness (QED) is 0.630. The van der Waals surface area contributed by atoms with E-state index >= 15 is 0 Å². The van der Waals surface area contributed by atoms with Crippen LogP contribution in [-0.2, 0) is 4.74 Å². The van der Waals surface area contributed by atoms with Gasteiger partial charge in [-0.15, -0.1) is 0 Å². The molecule has 1 heterocycles. The number of para-hydroxylation sites is 2. The van der Waals surface area contributed by atoms with Crippen LogP contribution in [0, 0.1) is 6.92 Å². The first-order valence-corrected chi connectivity index (χ1v) is 9.37. The predicted molar refractivity (Wildman–Crippen MR) is 112 cm³/mol. The van der Waals surface area contributed by atoms with Gasteiger partial charge in [0.1, 0.15) is 6.10 Å². The van der Waals surface area contributed by atoms with Gasteiger partial charge in [-0.05, 0) is 24.6 Å². The Hall–Kier alpha value is -2.78. The number of hydrogen-bond donors (Lipinski definition) is 0. The van der Waals surface area contributed by atoms with Gasteiger partial charge < -0.3 is 14.5 Å². The molecule has 3 aromatic rings. The van der Waals surface area contributed by atoms with Crippen LogP contribution in [0.2, 0.25) is 0 Å². The number of benzene rings is 3. The first-order chi connectivity index (χ1) is 13.1. The zero-order valence-corrected chi connectivity index (χ0v) is 16.4. The van der Waals surface area contributed by atoms with Crippen molar-refractivity contribution in [3.8, 4) is 0 Å². The summed E-state index contributed by atoms with van der Waals surface area (Å²) in [5, 5.41) is 0. The number of rotatable bonds is 3. The average molecular weight is 358 g/mol. The lowest BCUT2D eigenvalue weighted by molar-refractivity contribution is -0.00239. The summed E-state index contributed by atoms with van der Waals surface area (Å²) in [4.78, 5) is 4.40. The number of anilines is 2. The van der Waals surface area contributed by atoms with Crippen LogP contribution in [0.5, 0.6) is 0 Å². The minimum Gasteiger partial charge on any atom is -0.377 e. The van der Waals surface area contributed by atoms with Gasteiger partial charge in [0, 0.05) is 49.2 Å². The summed E-state index contributed by atoms with van der Waals surface area (Å²) < 4.78 is 6.77. The molecule has 0 saturated heterocycles. The van der Waals surface area contributed by atoms with Crippen LogP contribution in [0.25, 0.3) is 0 Å². The fraction of sp³-hybridized carbons (Fsp3) is 0.250. The number of aryl methyl sites for hydroxylation is 1. The summed E-state index contributed by atoms with van der Waals surface area (Å²) in [5.74, 6) is 0. The molecule has 2 unspecified atom stereocenters. The molecule has 3 heteroatoms. The van der Waals surface area contributed by atoms with Crippen molar-refractivity contribution in [2.24, 2.45) is 0 Å². The molecule has 0 amide bonds. The Labute approximate surface area is 161 Å². The molecule has 1 aliphatic heterocycles. The van der Waals surface area contributed by atoms with E-state index in [2.05, 4.69) is 111 Å². The fourth-order valence-electron chi connectivity index (χ4n) is 3.95. The van der Waals surface area contributed by atoms with E-state index in [1.807, 2.05) is 0 Å². The van der Waals surface area contributed by atoms with Crippen LogP contribution in [0.15, 0.2) is 72.8 Å². The molecule has 0 fully saturated rings. The number of hydrogen-bond acceptors (Lipinski definition) is 3. The van der Waals surface area contributed by atoms with Crippen LogP contribution in [-0.4, -0.2) is 21.1 Å². The van der Waals surface area contributed by atoms with Crippen LogP contribution in [0.3, 0.4) is 0 Å². The van der Waals surface area contributed by atoms with Crippen molar-refractivity contribution >= 4 is 11.4 Å². The van der Waals surface area contributed by atoms with Crippen molar-refractivity contribution in [1.29, 1.82) is 0 Å². The predicted octanol–water partition coefficient (Wildman–Crippen LogP) is 5.32. The lowest BCUT2D eigenvalue weighted by Crippen LogP contribution is -2.34. The average Bonchev–Trinajstić information content (AvgIpc) is 2.69. The third-order valence-corrected chi connectivity index (χ3v) is 5.37. The van der Waals surface area contributed by atoms with E-state index in [1.54, 1.807) is 0 Å². The molecule has 0 spiro atoms. The molecule has 0 aliphatic carbocycles. The van der Waals surface area contributed by atoms with Crippen LogP contribution >= 0.6 is 0 Å². The molecule has 0 N–H and O–H groups in total. The Kier molecular flexibility index (Phi) is 4.63. The molecule has 0 aromatic heterocycles. The molecule has 27 heavy (non-hydrogen) atoms. The molecule has 1 aliphatic rings. The fourth-order valence-corrected chi connectivity index (χ4v) is 3.95. The van der Waals surface area contributed by atoms with E-state index < -0.39 is 0 Å². The summed E-state index contributed by atoms with van der Waals surface area (Å²) in [7, 11) is 6.28. The highest BCUT2D eigenvalue weighted by Crippen LogP contribution is 2.46. The lowest BCUT2D eigenvalue weighted by Gasteiger charge is -2.41. The van der Waals surface area contributed by atoms with Gasteiger partial charge in [-0.3, -0.25) is 0 Å². The van der Waals surface area contributed by atoms with Crippen molar-refractivity contribution in [2.75, 3.05) is 30.9 Å². The van der Waals surface area contributed by atoms with Gasteiger partial charge in [0.25, 0.3) is 0 Å². The second-order valence-electron chi connectivity index (χ2n) is 7.35. The van der Waals surface area contributed by atoms with Gasteiger partial charge in [0.05, 0.1) is 0 Å². The van der Waals surface area contributed by atoms with Crippen molar-refractivity contribution in [3.63, 3.8) is 0 Å². The van der Waals surface area contributed by atoms with Gasteiger partial charge in [-0.1, -0.05) is 60.7 Å². The topological polar surface area (TPSA) is 15.7 Å². The standard InChI is InChI=1S/C24H26N2O/c1-17-11-5-6-12-18(17)24-26(4)22-16-10-8-14-20(22)23(27-24)19-13-7-9-15-21(19)25(2)3/h5-16,23-24H,1-4H3. The van der Waals surface area contributed by atoms with E-state index in [-0.39, 0.29) is 12.3 Å². The molecule has 138 valence electrons. The minimum atomic E-state index is -0.124. The molecule has 3 nitrogen and oxygen atoms in total. The van der Waals surface area contributed by atoms with Crippen LogP contribution in [0.1, 0.15) is 34.6 Å². The van der Waals surface area contributed by atoms with Crippen LogP contribution in [0.4, 0.5) is 11.4 Å². The Morgan fingerprint density at radius 2 is 1.37 bits per heavy atom.